The van der Waals surface area contributed by atoms with Gasteiger partial charge in [-0.3, -0.25) is 10.1 Å². The highest BCUT2D eigenvalue weighted by Gasteiger charge is 2.43. The molecule has 5 aromatic rings. The van der Waals surface area contributed by atoms with Crippen molar-refractivity contribution in [3.63, 3.8) is 0 Å². The standard InChI is InChI=1S/C32H25NO4/c34-33(35)29-23-13-14-24-30(29)36-32(27-19-9-3-10-20-27,28-21-11-4-12-22-28)37-31(25-15-5-1-6-16-25)26-17-7-2-8-18-26/h1-24,31H. The van der Waals surface area contributed by atoms with Gasteiger partial charge in [0.1, 0.15) is 6.10 Å². The second-order valence-electron chi connectivity index (χ2n) is 8.49. The molecule has 0 radical (unpaired) electrons. The fraction of sp³-hybridized carbons (Fsp3) is 0.0625. The molecule has 5 heteroatoms. The normalized spacial score (nSPS) is 11.3. The molecule has 5 aromatic carbocycles. The van der Waals surface area contributed by atoms with Crippen molar-refractivity contribution < 1.29 is 14.4 Å². The SMILES string of the molecule is O=[N+]([O-])c1ccccc1OC(OC(c1ccccc1)c1ccccc1)(c1ccccc1)c1ccccc1. The van der Waals surface area contributed by atoms with Gasteiger partial charge in [0.05, 0.1) is 4.92 Å². The molecule has 5 rings (SSSR count). The summed E-state index contributed by atoms with van der Waals surface area (Å²) in [5.74, 6) is -1.40. The smallest absolute Gasteiger partial charge is 0.311 e. The van der Waals surface area contributed by atoms with E-state index in [0.717, 1.165) is 11.1 Å². The zero-order valence-electron chi connectivity index (χ0n) is 20.0. The third-order valence-corrected chi connectivity index (χ3v) is 6.11. The second-order valence-corrected chi connectivity index (χ2v) is 8.49. The summed E-state index contributed by atoms with van der Waals surface area (Å²) in [5, 5.41) is 11.9. The minimum atomic E-state index is -1.51. The van der Waals surface area contributed by atoms with E-state index in [2.05, 4.69) is 0 Å². The Bertz CT molecular complexity index is 1360. The molecular formula is C32H25NO4. The average molecular weight is 488 g/mol. The van der Waals surface area contributed by atoms with Gasteiger partial charge in [0.15, 0.2) is 0 Å². The lowest BCUT2D eigenvalue weighted by Gasteiger charge is -2.38. The molecule has 0 unspecified atom stereocenters. The van der Waals surface area contributed by atoms with Gasteiger partial charge in [-0.05, 0) is 17.2 Å². The molecular weight excluding hydrogens is 462 g/mol. The summed E-state index contributed by atoms with van der Waals surface area (Å²) in [6.07, 6.45) is -0.536. The van der Waals surface area contributed by atoms with Crippen LogP contribution in [0.1, 0.15) is 28.4 Å². The third-order valence-electron chi connectivity index (χ3n) is 6.11. The Kier molecular flexibility index (Phi) is 7.06. The molecule has 0 fully saturated rings. The fourth-order valence-corrected chi connectivity index (χ4v) is 4.36. The summed E-state index contributed by atoms with van der Waals surface area (Å²) in [6, 6.07) is 45.2. The maximum absolute atomic E-state index is 11.9. The van der Waals surface area contributed by atoms with Crippen LogP contribution < -0.4 is 4.74 Å². The molecule has 0 aliphatic carbocycles. The molecule has 0 heterocycles. The molecule has 5 nitrogen and oxygen atoms in total. The van der Waals surface area contributed by atoms with Crippen molar-refractivity contribution in [2.24, 2.45) is 0 Å². The quantitative estimate of drug-likeness (QED) is 0.122. The molecule has 0 saturated heterocycles. The summed E-state index contributed by atoms with van der Waals surface area (Å²) in [5.41, 5.74) is 3.12. The van der Waals surface area contributed by atoms with E-state index in [1.807, 2.05) is 121 Å². The van der Waals surface area contributed by atoms with Crippen LogP contribution in [0.25, 0.3) is 0 Å². The van der Waals surface area contributed by atoms with Crippen LogP contribution in [0.15, 0.2) is 146 Å². The monoisotopic (exact) mass is 487 g/mol. The first-order chi connectivity index (χ1) is 18.2. The first kappa shape index (κ1) is 24.0. The largest absolute Gasteiger partial charge is 0.446 e. The molecule has 0 N–H and O–H groups in total. The van der Waals surface area contributed by atoms with E-state index >= 15 is 0 Å². The lowest BCUT2D eigenvalue weighted by molar-refractivity contribution is -0.387. The van der Waals surface area contributed by atoms with Crippen molar-refractivity contribution in [1.82, 2.24) is 0 Å². The van der Waals surface area contributed by atoms with Gasteiger partial charge in [-0.1, -0.05) is 133 Å². The lowest BCUT2D eigenvalue weighted by Crippen LogP contribution is -2.39. The maximum atomic E-state index is 11.9. The minimum Gasteiger partial charge on any atom is -0.446 e. The van der Waals surface area contributed by atoms with E-state index in [1.165, 1.54) is 6.07 Å². The number of hydrogen-bond donors (Lipinski definition) is 0. The summed E-state index contributed by atoms with van der Waals surface area (Å²) in [6.45, 7) is 0. The Labute approximate surface area is 215 Å². The first-order valence-corrected chi connectivity index (χ1v) is 12.0. The molecule has 182 valence electrons. The number of nitrogens with zero attached hydrogens (tertiary/aromatic N) is 1. The number of para-hydroxylation sites is 2. The third kappa shape index (κ3) is 5.13. The summed E-state index contributed by atoms with van der Waals surface area (Å²) in [7, 11) is 0. The van der Waals surface area contributed by atoms with Gasteiger partial charge in [0.25, 0.3) is 5.79 Å². The Hall–Kier alpha value is -4.74. The van der Waals surface area contributed by atoms with Crippen LogP contribution in [0.5, 0.6) is 5.75 Å². The number of benzene rings is 5. The average Bonchev–Trinajstić information content (AvgIpc) is 2.97. The molecule has 0 aromatic heterocycles. The second kappa shape index (κ2) is 10.9. The summed E-state index contributed by atoms with van der Waals surface area (Å²) < 4.78 is 13.8. The van der Waals surface area contributed by atoms with Gasteiger partial charge in [0.2, 0.25) is 5.75 Å². The lowest BCUT2D eigenvalue weighted by atomic mass is 9.94. The van der Waals surface area contributed by atoms with Crippen LogP contribution in [0.3, 0.4) is 0 Å². The van der Waals surface area contributed by atoms with Gasteiger partial charge in [-0.25, -0.2) is 0 Å². The highest BCUT2D eigenvalue weighted by molar-refractivity contribution is 5.48. The van der Waals surface area contributed by atoms with Crippen LogP contribution in [-0.2, 0) is 10.5 Å². The molecule has 0 amide bonds. The van der Waals surface area contributed by atoms with Gasteiger partial charge in [0, 0.05) is 17.2 Å². The number of rotatable bonds is 9. The number of nitro benzene ring substituents is 1. The zero-order valence-corrected chi connectivity index (χ0v) is 20.0. The summed E-state index contributed by atoms with van der Waals surface area (Å²) >= 11 is 0. The zero-order chi connectivity index (χ0) is 25.5. The van der Waals surface area contributed by atoms with Crippen molar-refractivity contribution in [2.75, 3.05) is 0 Å². The van der Waals surface area contributed by atoms with Crippen LogP contribution in [-0.4, -0.2) is 4.92 Å². The van der Waals surface area contributed by atoms with Crippen LogP contribution >= 0.6 is 0 Å². The Morgan fingerprint density at radius 2 is 0.973 bits per heavy atom. The highest BCUT2D eigenvalue weighted by atomic mass is 16.7. The van der Waals surface area contributed by atoms with Gasteiger partial charge in [-0.15, -0.1) is 0 Å². The predicted molar refractivity (Wildman–Crippen MR) is 143 cm³/mol. The van der Waals surface area contributed by atoms with Gasteiger partial charge in [-0.2, -0.15) is 0 Å². The van der Waals surface area contributed by atoms with Crippen LogP contribution in [0.4, 0.5) is 5.69 Å². The van der Waals surface area contributed by atoms with Crippen molar-refractivity contribution >= 4 is 5.69 Å². The number of hydrogen-bond acceptors (Lipinski definition) is 4. The Balaban J connectivity index is 1.76. The van der Waals surface area contributed by atoms with Gasteiger partial charge < -0.3 is 9.47 Å². The molecule has 0 atom stereocenters. The van der Waals surface area contributed by atoms with E-state index in [-0.39, 0.29) is 11.4 Å². The topological polar surface area (TPSA) is 61.6 Å². The summed E-state index contributed by atoms with van der Waals surface area (Å²) in [4.78, 5) is 11.5. The van der Waals surface area contributed by atoms with Gasteiger partial charge >= 0.3 is 5.69 Å². The van der Waals surface area contributed by atoms with Crippen molar-refractivity contribution in [2.45, 2.75) is 11.9 Å². The fourth-order valence-electron chi connectivity index (χ4n) is 4.36. The maximum Gasteiger partial charge on any atom is 0.311 e. The molecule has 0 aliphatic heterocycles. The molecule has 0 aliphatic rings. The molecule has 0 saturated carbocycles. The predicted octanol–water partition coefficient (Wildman–Crippen LogP) is 7.68. The highest BCUT2D eigenvalue weighted by Crippen LogP contribution is 2.44. The van der Waals surface area contributed by atoms with Crippen molar-refractivity contribution in [3.05, 3.63) is 178 Å². The van der Waals surface area contributed by atoms with Crippen molar-refractivity contribution in [3.8, 4) is 5.75 Å². The van der Waals surface area contributed by atoms with Crippen LogP contribution in [0, 0.1) is 10.1 Å². The Morgan fingerprint density at radius 3 is 1.43 bits per heavy atom. The molecule has 0 spiro atoms. The van der Waals surface area contributed by atoms with Crippen molar-refractivity contribution in [1.29, 1.82) is 0 Å². The van der Waals surface area contributed by atoms with E-state index in [4.69, 9.17) is 9.47 Å². The molecule has 0 bridgehead atoms. The first-order valence-electron chi connectivity index (χ1n) is 12.0. The van der Waals surface area contributed by atoms with E-state index in [9.17, 15) is 10.1 Å². The minimum absolute atomic E-state index is 0.111. The molecule has 37 heavy (non-hydrogen) atoms. The van der Waals surface area contributed by atoms with E-state index in [0.29, 0.717) is 11.1 Å². The Morgan fingerprint density at radius 1 is 0.568 bits per heavy atom. The van der Waals surface area contributed by atoms with Crippen LogP contribution in [0.2, 0.25) is 0 Å². The van der Waals surface area contributed by atoms with E-state index < -0.39 is 16.8 Å². The number of ether oxygens (including phenoxy) is 2. The van der Waals surface area contributed by atoms with E-state index in [1.54, 1.807) is 18.2 Å². The number of nitro groups is 1.